The second kappa shape index (κ2) is 11.8. The second-order valence-electron chi connectivity index (χ2n) is 10.8. The molecular weight excluding hydrogens is 525 g/mol. The topological polar surface area (TPSA) is 65.5 Å². The highest BCUT2D eigenvalue weighted by molar-refractivity contribution is 7.89. The van der Waals surface area contributed by atoms with E-state index in [1.807, 2.05) is 42.5 Å². The highest BCUT2D eigenvalue weighted by Crippen LogP contribution is 2.33. The van der Waals surface area contributed by atoms with Crippen molar-refractivity contribution in [1.29, 1.82) is 0 Å². The minimum Gasteiger partial charge on any atom is -0.353 e. The molecule has 6 nitrogen and oxygen atoms in total. The molecule has 1 N–H and O–H groups in total. The van der Waals surface area contributed by atoms with Crippen molar-refractivity contribution in [1.82, 2.24) is 14.0 Å². The number of nitrogens with zero attached hydrogens (tertiary/aromatic N) is 3. The number of sulfonamides is 1. The Kier molecular flexibility index (Phi) is 7.97. The van der Waals surface area contributed by atoms with E-state index in [1.54, 1.807) is 23.7 Å². The molecule has 1 saturated heterocycles. The van der Waals surface area contributed by atoms with Gasteiger partial charge in [-0.2, -0.15) is 4.37 Å². The molecule has 1 aliphatic carbocycles. The number of anilines is 1. The van der Waals surface area contributed by atoms with Gasteiger partial charge in [0.1, 0.15) is 5.82 Å². The van der Waals surface area contributed by atoms with Gasteiger partial charge in [-0.05, 0) is 71.6 Å². The second-order valence-corrected chi connectivity index (χ2v) is 13.4. The number of nitrogens with one attached hydrogen (secondary N) is 1. The molecule has 4 aromatic rings. The maximum absolute atomic E-state index is 13.3. The molecule has 1 saturated carbocycles. The van der Waals surface area contributed by atoms with Crippen LogP contribution in [-0.4, -0.2) is 57.0 Å². The van der Waals surface area contributed by atoms with Crippen LogP contribution in [0.5, 0.6) is 0 Å². The Morgan fingerprint density at radius 1 is 0.821 bits per heavy atom. The van der Waals surface area contributed by atoms with Gasteiger partial charge >= 0.3 is 0 Å². The molecular formula is C31H36N4O2S2. The molecule has 2 aliphatic rings. The molecule has 6 rings (SSSR count). The fraction of sp³-hybridized carbons (Fsp3) is 0.387. The molecule has 0 radical (unpaired) electrons. The molecule has 8 heteroatoms. The first-order valence-corrected chi connectivity index (χ1v) is 16.3. The van der Waals surface area contributed by atoms with Gasteiger partial charge in [-0.3, -0.25) is 4.90 Å². The summed E-state index contributed by atoms with van der Waals surface area (Å²) in [5, 5.41) is 1.25. The third-order valence-electron chi connectivity index (χ3n) is 8.38. The van der Waals surface area contributed by atoms with E-state index in [4.69, 9.17) is 4.37 Å². The standard InChI is InChI=1S/C31H36N4O2S2/c36-39(37,28-14-8-13-25(21-28)24-9-2-1-3-10-24)32-22-26-11-4-5-12-27(26)23-34-17-19-35(20-18-34)31-29-15-6-7-16-30(29)38-33-31/h1-3,6-10,13-16,21,26-27,32H,4-5,11-12,17-20,22-23H2/t26-,27-/m0/s1. The maximum Gasteiger partial charge on any atom is 0.240 e. The Morgan fingerprint density at radius 3 is 2.36 bits per heavy atom. The summed E-state index contributed by atoms with van der Waals surface area (Å²) in [6.07, 6.45) is 4.67. The van der Waals surface area contributed by atoms with Crippen LogP contribution in [0.3, 0.4) is 0 Å². The zero-order valence-corrected chi connectivity index (χ0v) is 23.8. The molecule has 0 spiro atoms. The summed E-state index contributed by atoms with van der Waals surface area (Å²) < 4.78 is 35.5. The first kappa shape index (κ1) is 26.4. The van der Waals surface area contributed by atoms with E-state index < -0.39 is 10.0 Å². The van der Waals surface area contributed by atoms with E-state index in [2.05, 4.69) is 38.8 Å². The first-order valence-electron chi connectivity index (χ1n) is 14.0. The normalized spacial score (nSPS) is 20.9. The van der Waals surface area contributed by atoms with Crippen molar-refractivity contribution in [2.45, 2.75) is 30.6 Å². The van der Waals surface area contributed by atoms with Crippen molar-refractivity contribution in [3.05, 3.63) is 78.9 Å². The summed E-state index contributed by atoms with van der Waals surface area (Å²) in [7, 11) is -3.57. The third-order valence-corrected chi connectivity index (χ3v) is 10.6. The molecule has 39 heavy (non-hydrogen) atoms. The predicted octanol–water partition coefficient (Wildman–Crippen LogP) is 5.87. The predicted molar refractivity (Wildman–Crippen MR) is 161 cm³/mol. The van der Waals surface area contributed by atoms with Crippen LogP contribution in [0.25, 0.3) is 21.2 Å². The Hall–Kier alpha value is -2.78. The molecule has 0 amide bonds. The van der Waals surface area contributed by atoms with Crippen LogP contribution in [0, 0.1) is 11.8 Å². The van der Waals surface area contributed by atoms with Gasteiger partial charge in [-0.1, -0.05) is 67.4 Å². The van der Waals surface area contributed by atoms with Crippen molar-refractivity contribution in [2.24, 2.45) is 11.8 Å². The van der Waals surface area contributed by atoms with Crippen molar-refractivity contribution in [3.8, 4) is 11.1 Å². The number of aromatic nitrogens is 1. The minimum absolute atomic E-state index is 0.335. The number of piperazine rings is 1. The molecule has 2 heterocycles. The van der Waals surface area contributed by atoms with Crippen molar-refractivity contribution < 1.29 is 8.42 Å². The molecule has 2 fully saturated rings. The summed E-state index contributed by atoms with van der Waals surface area (Å²) in [5.74, 6) is 2.01. The van der Waals surface area contributed by atoms with E-state index in [1.165, 1.54) is 29.3 Å². The van der Waals surface area contributed by atoms with Crippen LogP contribution in [-0.2, 0) is 10.0 Å². The summed E-state index contributed by atoms with van der Waals surface area (Å²) in [6, 6.07) is 25.7. The van der Waals surface area contributed by atoms with Gasteiger partial charge in [0.15, 0.2) is 0 Å². The Balaban J connectivity index is 1.06. The number of hydrogen-bond donors (Lipinski definition) is 1. The van der Waals surface area contributed by atoms with Crippen molar-refractivity contribution in [2.75, 3.05) is 44.2 Å². The van der Waals surface area contributed by atoms with Gasteiger partial charge in [-0.25, -0.2) is 13.1 Å². The number of fused-ring (bicyclic) bond motifs is 1. The quantitative estimate of drug-likeness (QED) is 0.292. The molecule has 3 aromatic carbocycles. The lowest BCUT2D eigenvalue weighted by atomic mass is 9.79. The molecule has 1 aliphatic heterocycles. The van der Waals surface area contributed by atoms with E-state index in [9.17, 15) is 8.42 Å². The average Bonchev–Trinajstić information content (AvgIpc) is 3.42. The van der Waals surface area contributed by atoms with Gasteiger partial charge in [0.2, 0.25) is 10.0 Å². The van der Waals surface area contributed by atoms with Crippen molar-refractivity contribution in [3.63, 3.8) is 0 Å². The lowest BCUT2D eigenvalue weighted by Crippen LogP contribution is -2.49. The Labute approximate surface area is 235 Å². The summed E-state index contributed by atoms with van der Waals surface area (Å²) >= 11 is 1.58. The smallest absolute Gasteiger partial charge is 0.240 e. The van der Waals surface area contributed by atoms with E-state index in [-0.39, 0.29) is 0 Å². The number of benzene rings is 3. The van der Waals surface area contributed by atoms with E-state index in [0.717, 1.165) is 56.1 Å². The Morgan fingerprint density at radius 2 is 1.54 bits per heavy atom. The fourth-order valence-electron chi connectivity index (χ4n) is 6.14. The van der Waals surface area contributed by atoms with Gasteiger partial charge in [0.05, 0.1) is 9.60 Å². The van der Waals surface area contributed by atoms with E-state index >= 15 is 0 Å². The van der Waals surface area contributed by atoms with Crippen LogP contribution >= 0.6 is 11.5 Å². The first-order chi connectivity index (χ1) is 19.1. The largest absolute Gasteiger partial charge is 0.353 e. The van der Waals surface area contributed by atoms with E-state index in [0.29, 0.717) is 23.3 Å². The monoisotopic (exact) mass is 560 g/mol. The molecule has 0 bridgehead atoms. The van der Waals surface area contributed by atoms with Crippen molar-refractivity contribution >= 4 is 37.5 Å². The highest BCUT2D eigenvalue weighted by atomic mass is 32.2. The van der Waals surface area contributed by atoms with Crippen LogP contribution in [0.1, 0.15) is 25.7 Å². The summed E-state index contributed by atoms with van der Waals surface area (Å²) in [5.41, 5.74) is 1.93. The van der Waals surface area contributed by atoms with Crippen LogP contribution in [0.15, 0.2) is 83.8 Å². The van der Waals surface area contributed by atoms with Crippen LogP contribution in [0.2, 0.25) is 0 Å². The zero-order valence-electron chi connectivity index (χ0n) is 22.2. The zero-order chi connectivity index (χ0) is 26.7. The molecule has 204 valence electrons. The average molecular weight is 561 g/mol. The van der Waals surface area contributed by atoms with Gasteiger partial charge < -0.3 is 4.90 Å². The maximum atomic E-state index is 13.3. The highest BCUT2D eigenvalue weighted by Gasteiger charge is 2.30. The van der Waals surface area contributed by atoms with Gasteiger partial charge in [0, 0.05) is 44.7 Å². The number of rotatable bonds is 8. The SMILES string of the molecule is O=S(=O)(NC[C@@H]1CCCC[C@H]1CN1CCN(c2nsc3ccccc23)CC1)c1cccc(-c2ccccc2)c1. The van der Waals surface area contributed by atoms with Crippen LogP contribution in [0.4, 0.5) is 5.82 Å². The van der Waals surface area contributed by atoms with Gasteiger partial charge in [0.25, 0.3) is 0 Å². The van der Waals surface area contributed by atoms with Crippen LogP contribution < -0.4 is 9.62 Å². The fourth-order valence-corrected chi connectivity index (χ4v) is 8.08. The summed E-state index contributed by atoms with van der Waals surface area (Å²) in [6.45, 7) is 5.56. The molecule has 1 aromatic heterocycles. The van der Waals surface area contributed by atoms with Gasteiger partial charge in [-0.15, -0.1) is 0 Å². The third kappa shape index (κ3) is 6.04. The summed E-state index contributed by atoms with van der Waals surface area (Å²) in [4.78, 5) is 5.33. The number of hydrogen-bond acceptors (Lipinski definition) is 6. The minimum atomic E-state index is -3.57. The molecule has 0 unspecified atom stereocenters. The Bertz CT molecular complexity index is 1500. The molecule has 2 atom stereocenters. The lowest BCUT2D eigenvalue weighted by molar-refractivity contribution is 0.147. The lowest BCUT2D eigenvalue weighted by Gasteiger charge is -2.40.